The van der Waals surface area contributed by atoms with Gasteiger partial charge in [0.1, 0.15) is 0 Å². The zero-order chi connectivity index (χ0) is 10.8. The third-order valence-corrected chi connectivity index (χ3v) is 2.52. The number of aliphatic hydroxyl groups is 1. The minimum atomic E-state index is -0.912. The zero-order valence-corrected chi connectivity index (χ0v) is 8.56. The van der Waals surface area contributed by atoms with Crippen molar-refractivity contribution in [2.45, 2.75) is 31.9 Å². The molecule has 2 N–H and O–H groups in total. The van der Waals surface area contributed by atoms with E-state index in [-0.39, 0.29) is 24.9 Å². The monoisotopic (exact) mass is 203 g/mol. The number of amides is 1. The number of nitrogens with zero attached hydrogens (tertiary/aromatic N) is 1. The van der Waals surface area contributed by atoms with Crippen LogP contribution in [0.25, 0.3) is 0 Å². The van der Waals surface area contributed by atoms with Crippen molar-refractivity contribution in [2.24, 2.45) is 0 Å². The average molecular weight is 203 g/mol. The molecule has 5 nitrogen and oxygen atoms in total. The van der Waals surface area contributed by atoms with Crippen LogP contribution in [0.3, 0.4) is 0 Å². The van der Waals surface area contributed by atoms with Crippen LogP contribution in [0.1, 0.15) is 20.3 Å². The van der Waals surface area contributed by atoms with Gasteiger partial charge in [0, 0.05) is 5.54 Å². The summed E-state index contributed by atoms with van der Waals surface area (Å²) in [6, 6.07) is 0. The highest BCUT2D eigenvalue weighted by Crippen LogP contribution is 2.30. The van der Waals surface area contributed by atoms with Crippen molar-refractivity contribution in [3.05, 3.63) is 0 Å². The van der Waals surface area contributed by atoms with E-state index in [0.717, 1.165) is 0 Å². The first kappa shape index (κ1) is 11.3. The highest BCUT2D eigenvalue weighted by Gasteiger charge is 2.41. The maximum Gasteiger partial charge on any atom is 0.407 e. The van der Waals surface area contributed by atoms with Crippen molar-refractivity contribution in [2.75, 3.05) is 19.8 Å². The summed E-state index contributed by atoms with van der Waals surface area (Å²) in [7, 11) is 0. The summed E-state index contributed by atoms with van der Waals surface area (Å²) in [5.41, 5.74) is -0.369. The predicted molar refractivity (Wildman–Crippen MR) is 50.3 cm³/mol. The fourth-order valence-corrected chi connectivity index (χ4v) is 1.85. The maximum atomic E-state index is 10.9. The van der Waals surface area contributed by atoms with Crippen molar-refractivity contribution >= 4 is 6.09 Å². The molecule has 1 atom stereocenters. The molecule has 1 rings (SSSR count). The lowest BCUT2D eigenvalue weighted by Crippen LogP contribution is -2.41. The summed E-state index contributed by atoms with van der Waals surface area (Å²) in [5.74, 6) is 0. The van der Waals surface area contributed by atoms with Gasteiger partial charge in [-0.05, 0) is 20.3 Å². The Balaban J connectivity index is 2.53. The van der Waals surface area contributed by atoms with Crippen LogP contribution in [0.2, 0.25) is 0 Å². The third kappa shape index (κ3) is 2.36. The van der Waals surface area contributed by atoms with E-state index in [0.29, 0.717) is 13.0 Å². The van der Waals surface area contributed by atoms with Gasteiger partial charge in [-0.3, -0.25) is 0 Å². The average Bonchev–Trinajstić information content (AvgIpc) is 2.37. The quantitative estimate of drug-likeness (QED) is 0.701. The Labute approximate surface area is 83.3 Å². The molecule has 1 amide bonds. The van der Waals surface area contributed by atoms with Crippen LogP contribution < -0.4 is 0 Å². The molecule has 0 aliphatic carbocycles. The molecular weight excluding hydrogens is 186 g/mol. The molecule has 1 fully saturated rings. The molecule has 1 aliphatic rings. The van der Waals surface area contributed by atoms with Gasteiger partial charge in [-0.25, -0.2) is 4.79 Å². The molecule has 1 unspecified atom stereocenters. The Morgan fingerprint density at radius 1 is 1.64 bits per heavy atom. The maximum absolute atomic E-state index is 10.9. The second kappa shape index (κ2) is 4.14. The highest BCUT2D eigenvalue weighted by molar-refractivity contribution is 5.66. The molecular formula is C9H17NO4. The minimum Gasteiger partial charge on any atom is -0.465 e. The summed E-state index contributed by atoms with van der Waals surface area (Å²) >= 11 is 0. The van der Waals surface area contributed by atoms with Crippen LogP contribution in [0.5, 0.6) is 0 Å². The van der Waals surface area contributed by atoms with Gasteiger partial charge in [0.25, 0.3) is 0 Å². The van der Waals surface area contributed by atoms with E-state index >= 15 is 0 Å². The van der Waals surface area contributed by atoms with E-state index in [9.17, 15) is 4.79 Å². The smallest absolute Gasteiger partial charge is 0.407 e. The number of ether oxygens (including phenoxy) is 1. The van der Waals surface area contributed by atoms with Crippen LogP contribution in [-0.4, -0.2) is 52.6 Å². The van der Waals surface area contributed by atoms with Crippen LogP contribution in [-0.2, 0) is 4.74 Å². The first-order valence-electron chi connectivity index (χ1n) is 4.70. The molecule has 0 aromatic heterocycles. The molecule has 1 aliphatic heterocycles. The lowest BCUT2D eigenvalue weighted by molar-refractivity contribution is 0.0341. The number of carboxylic acid groups (broad SMARTS) is 1. The van der Waals surface area contributed by atoms with Gasteiger partial charge in [0.05, 0.1) is 25.9 Å². The van der Waals surface area contributed by atoms with Crippen molar-refractivity contribution < 1.29 is 19.7 Å². The first-order valence-corrected chi connectivity index (χ1v) is 4.70. The van der Waals surface area contributed by atoms with Crippen molar-refractivity contribution in [3.8, 4) is 0 Å². The summed E-state index contributed by atoms with van der Waals surface area (Å²) in [5, 5.41) is 17.5. The highest BCUT2D eigenvalue weighted by atomic mass is 16.5. The van der Waals surface area contributed by atoms with Gasteiger partial charge in [-0.15, -0.1) is 0 Å². The molecule has 0 saturated carbocycles. The van der Waals surface area contributed by atoms with E-state index in [1.54, 1.807) is 0 Å². The summed E-state index contributed by atoms with van der Waals surface area (Å²) in [6.07, 6.45) is -0.322. The summed E-state index contributed by atoms with van der Waals surface area (Å²) < 4.78 is 5.31. The normalized spacial score (nSPS) is 25.4. The van der Waals surface area contributed by atoms with Gasteiger partial charge >= 0.3 is 6.09 Å². The molecule has 14 heavy (non-hydrogen) atoms. The van der Waals surface area contributed by atoms with Gasteiger partial charge < -0.3 is 19.8 Å². The Kier molecular flexibility index (Phi) is 3.34. The van der Waals surface area contributed by atoms with Gasteiger partial charge in [0.15, 0.2) is 0 Å². The number of hydrogen-bond donors (Lipinski definition) is 2. The van der Waals surface area contributed by atoms with E-state index < -0.39 is 6.09 Å². The predicted octanol–water partition coefficient (Wildman–Crippen LogP) is 0.526. The van der Waals surface area contributed by atoms with Crippen LogP contribution >= 0.6 is 0 Å². The molecule has 0 radical (unpaired) electrons. The Hall–Kier alpha value is -0.810. The Morgan fingerprint density at radius 3 is 2.71 bits per heavy atom. The fourth-order valence-electron chi connectivity index (χ4n) is 1.85. The van der Waals surface area contributed by atoms with Gasteiger partial charge in [-0.1, -0.05) is 0 Å². The summed E-state index contributed by atoms with van der Waals surface area (Å²) in [6.45, 7) is 4.40. The largest absolute Gasteiger partial charge is 0.465 e. The van der Waals surface area contributed by atoms with Gasteiger partial charge in [0.2, 0.25) is 0 Å². The van der Waals surface area contributed by atoms with E-state index in [1.165, 1.54) is 4.90 Å². The number of rotatable bonds is 3. The van der Waals surface area contributed by atoms with E-state index in [1.807, 2.05) is 13.8 Å². The van der Waals surface area contributed by atoms with Crippen LogP contribution in [0, 0.1) is 0 Å². The van der Waals surface area contributed by atoms with Crippen LogP contribution in [0.15, 0.2) is 0 Å². The van der Waals surface area contributed by atoms with E-state index in [2.05, 4.69) is 0 Å². The molecule has 0 aromatic carbocycles. The lowest BCUT2D eigenvalue weighted by Gasteiger charge is -2.27. The molecule has 5 heteroatoms. The third-order valence-electron chi connectivity index (χ3n) is 2.52. The second-order valence-electron chi connectivity index (χ2n) is 4.13. The molecule has 1 saturated heterocycles. The minimum absolute atomic E-state index is 0.0238. The van der Waals surface area contributed by atoms with Crippen molar-refractivity contribution in [3.63, 3.8) is 0 Å². The molecule has 0 bridgehead atoms. The SMILES string of the molecule is CC1(C)CC(OCCO)CN1C(=O)O. The van der Waals surface area contributed by atoms with E-state index in [4.69, 9.17) is 14.9 Å². The number of likely N-dealkylation sites (tertiary alicyclic amines) is 1. The Bertz CT molecular complexity index is 217. The van der Waals surface area contributed by atoms with Crippen LogP contribution in [0.4, 0.5) is 4.79 Å². The molecule has 0 aromatic rings. The van der Waals surface area contributed by atoms with Crippen molar-refractivity contribution in [1.82, 2.24) is 4.90 Å². The molecule has 1 heterocycles. The first-order chi connectivity index (χ1) is 6.47. The number of aliphatic hydroxyl groups excluding tert-OH is 1. The lowest BCUT2D eigenvalue weighted by atomic mass is 10.0. The van der Waals surface area contributed by atoms with Crippen molar-refractivity contribution in [1.29, 1.82) is 0 Å². The standard InChI is InChI=1S/C9H17NO4/c1-9(2)5-7(14-4-3-11)6-10(9)8(12)13/h7,11H,3-6H2,1-2H3,(H,12,13). The second-order valence-corrected chi connectivity index (χ2v) is 4.13. The summed E-state index contributed by atoms with van der Waals surface area (Å²) in [4.78, 5) is 12.2. The zero-order valence-electron chi connectivity index (χ0n) is 8.56. The topological polar surface area (TPSA) is 70.0 Å². The Morgan fingerprint density at radius 2 is 2.29 bits per heavy atom. The number of hydrogen-bond acceptors (Lipinski definition) is 3. The fraction of sp³-hybridized carbons (Fsp3) is 0.889. The molecule has 0 spiro atoms. The van der Waals surface area contributed by atoms with Gasteiger partial charge in [-0.2, -0.15) is 0 Å². The number of carbonyl (C=O) groups is 1. The molecule has 82 valence electrons.